The van der Waals surface area contributed by atoms with Crippen molar-refractivity contribution in [1.29, 1.82) is 0 Å². The lowest BCUT2D eigenvalue weighted by Gasteiger charge is -2.15. The summed E-state index contributed by atoms with van der Waals surface area (Å²) in [4.78, 5) is 0. The van der Waals surface area contributed by atoms with Crippen LogP contribution in [0, 0.1) is 6.92 Å². The molecular formula is C17H28BrNO. The Morgan fingerprint density at radius 1 is 1.10 bits per heavy atom. The van der Waals surface area contributed by atoms with Crippen LogP contribution in [0.5, 0.6) is 5.75 Å². The van der Waals surface area contributed by atoms with Crippen LogP contribution in [-0.4, -0.2) is 13.2 Å². The smallest absolute Gasteiger partial charge is 0.126 e. The molecule has 0 saturated carbocycles. The van der Waals surface area contributed by atoms with Gasteiger partial charge < -0.3 is 10.1 Å². The van der Waals surface area contributed by atoms with Crippen molar-refractivity contribution in [3.8, 4) is 5.75 Å². The van der Waals surface area contributed by atoms with Crippen LogP contribution >= 0.6 is 15.9 Å². The van der Waals surface area contributed by atoms with Gasteiger partial charge >= 0.3 is 0 Å². The van der Waals surface area contributed by atoms with Crippen LogP contribution < -0.4 is 10.1 Å². The zero-order chi connectivity index (χ0) is 14.8. The quantitative estimate of drug-likeness (QED) is 0.589. The Morgan fingerprint density at radius 2 is 1.85 bits per heavy atom. The Labute approximate surface area is 132 Å². The highest BCUT2D eigenvalue weighted by atomic mass is 79.9. The van der Waals surface area contributed by atoms with Gasteiger partial charge in [0.05, 0.1) is 6.61 Å². The molecular weight excluding hydrogens is 314 g/mol. The molecule has 114 valence electrons. The van der Waals surface area contributed by atoms with Crippen LogP contribution in [0.2, 0.25) is 0 Å². The van der Waals surface area contributed by atoms with Crippen molar-refractivity contribution >= 4 is 15.9 Å². The van der Waals surface area contributed by atoms with Crippen LogP contribution in [0.1, 0.15) is 57.1 Å². The molecule has 0 bridgehead atoms. The van der Waals surface area contributed by atoms with Crippen molar-refractivity contribution in [2.24, 2.45) is 0 Å². The number of halogens is 1. The number of aryl methyl sites for hydroxylation is 1. The molecule has 1 aromatic carbocycles. The van der Waals surface area contributed by atoms with E-state index in [0.717, 1.165) is 36.3 Å². The highest BCUT2D eigenvalue weighted by molar-refractivity contribution is 9.10. The van der Waals surface area contributed by atoms with Gasteiger partial charge in [-0.1, -0.05) is 55.5 Å². The van der Waals surface area contributed by atoms with Gasteiger partial charge in [-0.15, -0.1) is 0 Å². The van der Waals surface area contributed by atoms with Gasteiger partial charge in [-0.2, -0.15) is 0 Å². The number of hydrogen-bond donors (Lipinski definition) is 1. The Morgan fingerprint density at radius 3 is 2.55 bits per heavy atom. The summed E-state index contributed by atoms with van der Waals surface area (Å²) in [6.07, 6.45) is 6.37. The fourth-order valence-corrected chi connectivity index (χ4v) is 2.90. The predicted octanol–water partition coefficient (Wildman–Crippen LogP) is 5.22. The molecule has 3 heteroatoms. The number of rotatable bonds is 10. The minimum Gasteiger partial charge on any atom is -0.493 e. The summed E-state index contributed by atoms with van der Waals surface area (Å²) >= 11 is 3.57. The zero-order valence-corrected chi connectivity index (χ0v) is 14.7. The molecule has 0 aliphatic rings. The van der Waals surface area contributed by atoms with E-state index in [1.165, 1.54) is 36.8 Å². The Hall–Kier alpha value is -0.540. The van der Waals surface area contributed by atoms with Crippen LogP contribution in [0.3, 0.4) is 0 Å². The number of benzene rings is 1. The normalized spacial score (nSPS) is 10.8. The van der Waals surface area contributed by atoms with Crippen molar-refractivity contribution in [3.63, 3.8) is 0 Å². The average Bonchev–Trinajstić information content (AvgIpc) is 2.42. The molecule has 0 aliphatic carbocycles. The Kier molecular flexibility index (Phi) is 8.95. The second-order valence-corrected chi connectivity index (χ2v) is 6.17. The van der Waals surface area contributed by atoms with E-state index in [4.69, 9.17) is 4.74 Å². The van der Waals surface area contributed by atoms with Gasteiger partial charge in [0.15, 0.2) is 0 Å². The molecule has 0 aliphatic heterocycles. The summed E-state index contributed by atoms with van der Waals surface area (Å²) < 4.78 is 7.16. The SMILES string of the molecule is CCCCCCCOc1c(C)cc(Br)cc1CNCC. The van der Waals surface area contributed by atoms with Crippen molar-refractivity contribution in [2.45, 2.75) is 59.4 Å². The van der Waals surface area contributed by atoms with Crippen molar-refractivity contribution in [1.82, 2.24) is 5.32 Å². The molecule has 20 heavy (non-hydrogen) atoms. The highest BCUT2D eigenvalue weighted by Crippen LogP contribution is 2.28. The van der Waals surface area contributed by atoms with Gasteiger partial charge in [-0.3, -0.25) is 0 Å². The van der Waals surface area contributed by atoms with Gasteiger partial charge in [0.25, 0.3) is 0 Å². The van der Waals surface area contributed by atoms with Crippen molar-refractivity contribution in [2.75, 3.05) is 13.2 Å². The highest BCUT2D eigenvalue weighted by Gasteiger charge is 2.08. The van der Waals surface area contributed by atoms with E-state index in [-0.39, 0.29) is 0 Å². The summed E-state index contributed by atoms with van der Waals surface area (Å²) in [7, 11) is 0. The fourth-order valence-electron chi connectivity index (χ4n) is 2.28. The second-order valence-electron chi connectivity index (χ2n) is 5.25. The minimum atomic E-state index is 0.825. The summed E-state index contributed by atoms with van der Waals surface area (Å²) in [5.41, 5.74) is 2.45. The molecule has 0 fully saturated rings. The topological polar surface area (TPSA) is 21.3 Å². The molecule has 0 atom stereocenters. The molecule has 0 unspecified atom stereocenters. The van der Waals surface area contributed by atoms with Crippen LogP contribution in [0.25, 0.3) is 0 Å². The molecule has 0 heterocycles. The molecule has 0 saturated heterocycles. The van der Waals surface area contributed by atoms with E-state index in [1.807, 2.05) is 0 Å². The van der Waals surface area contributed by atoms with E-state index in [0.29, 0.717) is 0 Å². The van der Waals surface area contributed by atoms with Gasteiger partial charge in [-0.25, -0.2) is 0 Å². The third kappa shape index (κ3) is 6.27. The predicted molar refractivity (Wildman–Crippen MR) is 90.5 cm³/mol. The Bertz CT molecular complexity index is 393. The van der Waals surface area contributed by atoms with Crippen molar-refractivity contribution in [3.05, 3.63) is 27.7 Å². The second kappa shape index (κ2) is 10.2. The largest absolute Gasteiger partial charge is 0.493 e. The molecule has 2 nitrogen and oxygen atoms in total. The van der Waals surface area contributed by atoms with Crippen LogP contribution in [-0.2, 0) is 6.54 Å². The maximum atomic E-state index is 6.04. The lowest BCUT2D eigenvalue weighted by Crippen LogP contribution is -2.13. The third-order valence-corrected chi connectivity index (χ3v) is 3.83. The van der Waals surface area contributed by atoms with E-state index in [2.05, 4.69) is 54.2 Å². The first kappa shape index (κ1) is 17.5. The van der Waals surface area contributed by atoms with Gasteiger partial charge in [-0.05, 0) is 37.6 Å². The molecule has 1 aromatic rings. The first-order valence-corrected chi connectivity index (χ1v) is 8.60. The number of nitrogens with one attached hydrogen (secondary N) is 1. The lowest BCUT2D eigenvalue weighted by atomic mass is 10.1. The Balaban J connectivity index is 2.53. The summed E-state index contributed by atoms with van der Waals surface area (Å²) in [6.45, 7) is 9.15. The lowest BCUT2D eigenvalue weighted by molar-refractivity contribution is 0.299. The number of unbranched alkanes of at least 4 members (excludes halogenated alkanes) is 4. The molecule has 1 rings (SSSR count). The molecule has 1 N–H and O–H groups in total. The van der Waals surface area contributed by atoms with E-state index >= 15 is 0 Å². The standard InChI is InChI=1S/C17H28BrNO/c1-4-6-7-8-9-10-20-17-14(3)11-16(18)12-15(17)13-19-5-2/h11-12,19H,4-10,13H2,1-3H3. The number of hydrogen-bond acceptors (Lipinski definition) is 2. The summed E-state index contributed by atoms with van der Waals surface area (Å²) in [6, 6.07) is 4.28. The van der Waals surface area contributed by atoms with Gasteiger partial charge in [0.1, 0.15) is 5.75 Å². The molecule has 0 spiro atoms. The van der Waals surface area contributed by atoms with E-state index in [9.17, 15) is 0 Å². The zero-order valence-electron chi connectivity index (χ0n) is 13.1. The van der Waals surface area contributed by atoms with E-state index < -0.39 is 0 Å². The minimum absolute atomic E-state index is 0.825. The molecule has 0 aromatic heterocycles. The molecule has 0 radical (unpaired) electrons. The summed E-state index contributed by atoms with van der Waals surface area (Å²) in [5, 5.41) is 3.38. The van der Waals surface area contributed by atoms with Crippen LogP contribution in [0.4, 0.5) is 0 Å². The third-order valence-electron chi connectivity index (χ3n) is 3.38. The fraction of sp³-hybridized carbons (Fsp3) is 0.647. The van der Waals surface area contributed by atoms with Crippen molar-refractivity contribution < 1.29 is 4.74 Å². The van der Waals surface area contributed by atoms with Gasteiger partial charge in [0.2, 0.25) is 0 Å². The maximum absolute atomic E-state index is 6.04. The monoisotopic (exact) mass is 341 g/mol. The first-order chi connectivity index (χ1) is 9.69. The average molecular weight is 342 g/mol. The molecule has 0 amide bonds. The first-order valence-electron chi connectivity index (χ1n) is 7.81. The van der Waals surface area contributed by atoms with Crippen LogP contribution in [0.15, 0.2) is 16.6 Å². The summed E-state index contributed by atoms with van der Waals surface area (Å²) in [5.74, 6) is 1.06. The van der Waals surface area contributed by atoms with Gasteiger partial charge in [0, 0.05) is 16.6 Å². The number of ether oxygens (including phenoxy) is 1. The van der Waals surface area contributed by atoms with E-state index in [1.54, 1.807) is 0 Å². The maximum Gasteiger partial charge on any atom is 0.126 e.